The summed E-state index contributed by atoms with van der Waals surface area (Å²) in [6.45, 7) is 1.86. The number of carboxylic acids is 1. The Balaban J connectivity index is 2.07. The van der Waals surface area contributed by atoms with Crippen molar-refractivity contribution in [3.05, 3.63) is 42.6 Å². The number of amides is 1. The molecule has 0 radical (unpaired) electrons. The maximum atomic E-state index is 12.0. The van der Waals surface area contributed by atoms with E-state index in [0.717, 1.165) is 0 Å². The molecule has 2 rings (SSSR count). The molecule has 0 saturated heterocycles. The summed E-state index contributed by atoms with van der Waals surface area (Å²) >= 11 is 0. The van der Waals surface area contributed by atoms with Crippen LogP contribution in [0.2, 0.25) is 0 Å². The van der Waals surface area contributed by atoms with Gasteiger partial charge >= 0.3 is 5.97 Å². The number of hydrogen-bond donors (Lipinski definition) is 2. The van der Waals surface area contributed by atoms with Gasteiger partial charge in [-0.3, -0.25) is 9.36 Å². The van der Waals surface area contributed by atoms with Crippen molar-refractivity contribution in [1.29, 1.82) is 0 Å². The molecule has 2 aromatic rings. The fraction of sp³-hybridized carbons (Fsp3) is 0.286. The monoisotopic (exact) mass is 288 g/mol. The predicted molar refractivity (Wildman–Crippen MR) is 75.2 cm³/mol. The second kappa shape index (κ2) is 6.65. The van der Waals surface area contributed by atoms with E-state index in [4.69, 9.17) is 5.11 Å². The molecule has 2 N–H and O–H groups in total. The zero-order valence-corrected chi connectivity index (χ0v) is 11.6. The molecule has 0 aliphatic carbocycles. The van der Waals surface area contributed by atoms with Crippen LogP contribution in [0.3, 0.4) is 0 Å². The minimum absolute atomic E-state index is 0.321. The fourth-order valence-electron chi connectivity index (χ4n) is 1.86. The maximum absolute atomic E-state index is 12.0. The van der Waals surface area contributed by atoms with Crippen LogP contribution >= 0.6 is 0 Å². The van der Waals surface area contributed by atoms with Crippen molar-refractivity contribution in [3.63, 3.8) is 0 Å². The standard InChI is InChI=1S/C14H16N4O3/c1-2-3-11(14(20)21)17-13(19)10-4-5-12(16-8-10)18-7-6-15-9-18/h4-9,11H,2-3H2,1H3,(H,17,19)(H,20,21)/t11-/m0/s1. The summed E-state index contributed by atoms with van der Waals surface area (Å²) < 4.78 is 1.71. The van der Waals surface area contributed by atoms with Crippen molar-refractivity contribution in [2.45, 2.75) is 25.8 Å². The van der Waals surface area contributed by atoms with E-state index in [2.05, 4.69) is 15.3 Å². The maximum Gasteiger partial charge on any atom is 0.326 e. The molecule has 110 valence electrons. The third-order valence-electron chi connectivity index (χ3n) is 2.96. The third-order valence-corrected chi connectivity index (χ3v) is 2.96. The molecule has 7 heteroatoms. The first kappa shape index (κ1) is 14.7. The molecule has 2 heterocycles. The quantitative estimate of drug-likeness (QED) is 0.833. The van der Waals surface area contributed by atoms with Gasteiger partial charge in [0, 0.05) is 18.6 Å². The fourth-order valence-corrected chi connectivity index (χ4v) is 1.86. The number of imidazole rings is 1. The van der Waals surface area contributed by atoms with Crippen LogP contribution in [0.5, 0.6) is 0 Å². The van der Waals surface area contributed by atoms with Crippen LogP contribution in [-0.2, 0) is 4.79 Å². The van der Waals surface area contributed by atoms with Crippen molar-refractivity contribution in [2.24, 2.45) is 0 Å². The summed E-state index contributed by atoms with van der Waals surface area (Å²) in [4.78, 5) is 31.1. The van der Waals surface area contributed by atoms with Gasteiger partial charge in [-0.25, -0.2) is 14.8 Å². The Hall–Kier alpha value is -2.70. The van der Waals surface area contributed by atoms with Gasteiger partial charge in [-0.05, 0) is 18.6 Å². The Morgan fingerprint density at radius 3 is 2.76 bits per heavy atom. The molecule has 0 unspecified atom stereocenters. The van der Waals surface area contributed by atoms with Gasteiger partial charge in [0.15, 0.2) is 0 Å². The molecule has 2 aromatic heterocycles. The Labute approximate surface area is 121 Å². The zero-order chi connectivity index (χ0) is 15.2. The van der Waals surface area contributed by atoms with E-state index < -0.39 is 17.9 Å². The summed E-state index contributed by atoms with van der Waals surface area (Å²) in [7, 11) is 0. The van der Waals surface area contributed by atoms with E-state index in [-0.39, 0.29) is 0 Å². The minimum Gasteiger partial charge on any atom is -0.480 e. The molecule has 1 amide bonds. The van der Waals surface area contributed by atoms with Crippen molar-refractivity contribution >= 4 is 11.9 Å². The van der Waals surface area contributed by atoms with Gasteiger partial charge in [-0.15, -0.1) is 0 Å². The van der Waals surface area contributed by atoms with Gasteiger partial charge in [0.2, 0.25) is 0 Å². The second-order valence-electron chi connectivity index (χ2n) is 4.53. The first-order valence-corrected chi connectivity index (χ1v) is 6.60. The van der Waals surface area contributed by atoms with Gasteiger partial charge < -0.3 is 10.4 Å². The van der Waals surface area contributed by atoms with Gasteiger partial charge in [-0.1, -0.05) is 13.3 Å². The van der Waals surface area contributed by atoms with Gasteiger partial charge in [0.1, 0.15) is 18.2 Å². The number of nitrogens with one attached hydrogen (secondary N) is 1. The van der Waals surface area contributed by atoms with E-state index in [1.54, 1.807) is 35.4 Å². The van der Waals surface area contributed by atoms with E-state index in [9.17, 15) is 9.59 Å². The highest BCUT2D eigenvalue weighted by Gasteiger charge is 2.19. The number of nitrogens with zero attached hydrogens (tertiary/aromatic N) is 3. The number of carbonyl (C=O) groups is 2. The molecule has 0 aliphatic rings. The van der Waals surface area contributed by atoms with E-state index in [1.165, 1.54) is 6.20 Å². The molecule has 0 aromatic carbocycles. The summed E-state index contributed by atoms with van der Waals surface area (Å²) in [6, 6.07) is 2.39. The van der Waals surface area contributed by atoms with E-state index in [1.807, 2.05) is 6.92 Å². The molecule has 1 atom stereocenters. The van der Waals surface area contributed by atoms with E-state index >= 15 is 0 Å². The highest BCUT2D eigenvalue weighted by atomic mass is 16.4. The summed E-state index contributed by atoms with van der Waals surface area (Å²) in [5.41, 5.74) is 0.321. The molecule has 0 spiro atoms. The van der Waals surface area contributed by atoms with Gasteiger partial charge in [-0.2, -0.15) is 0 Å². The lowest BCUT2D eigenvalue weighted by Crippen LogP contribution is -2.40. The number of hydrogen-bond acceptors (Lipinski definition) is 4. The Morgan fingerprint density at radius 2 is 2.24 bits per heavy atom. The predicted octanol–water partition coefficient (Wildman–Crippen LogP) is 1.25. The second-order valence-corrected chi connectivity index (χ2v) is 4.53. The lowest BCUT2D eigenvalue weighted by molar-refractivity contribution is -0.139. The SMILES string of the molecule is CCC[C@H](NC(=O)c1ccc(-n2ccnc2)nc1)C(=O)O. The molecular formula is C14H16N4O3. The van der Waals surface area contributed by atoms with Gasteiger partial charge in [0.05, 0.1) is 5.56 Å². The van der Waals surface area contributed by atoms with Crippen LogP contribution < -0.4 is 5.32 Å². The average molecular weight is 288 g/mol. The summed E-state index contributed by atoms with van der Waals surface area (Å²) in [5.74, 6) is -0.846. The normalized spacial score (nSPS) is 11.9. The number of rotatable bonds is 6. The Kier molecular flexibility index (Phi) is 4.65. The lowest BCUT2D eigenvalue weighted by atomic mass is 10.1. The summed E-state index contributed by atoms with van der Waals surface area (Å²) in [5, 5.41) is 11.5. The first-order valence-electron chi connectivity index (χ1n) is 6.60. The van der Waals surface area contributed by atoms with Crippen LogP contribution in [0, 0.1) is 0 Å². The van der Waals surface area contributed by atoms with Crippen LogP contribution in [0.25, 0.3) is 5.82 Å². The summed E-state index contributed by atoms with van der Waals surface area (Å²) in [6.07, 6.45) is 7.45. The van der Waals surface area contributed by atoms with Crippen LogP contribution in [-0.4, -0.2) is 37.6 Å². The molecule has 0 saturated carbocycles. The lowest BCUT2D eigenvalue weighted by Gasteiger charge is -2.13. The van der Waals surface area contributed by atoms with Crippen LogP contribution in [0.1, 0.15) is 30.1 Å². The largest absolute Gasteiger partial charge is 0.480 e. The number of aromatic nitrogens is 3. The molecule has 0 fully saturated rings. The number of aliphatic carboxylic acids is 1. The first-order chi connectivity index (χ1) is 10.1. The Morgan fingerprint density at radius 1 is 1.43 bits per heavy atom. The van der Waals surface area contributed by atoms with Crippen molar-refractivity contribution in [2.75, 3.05) is 0 Å². The molecule has 21 heavy (non-hydrogen) atoms. The van der Waals surface area contributed by atoms with Crippen LogP contribution in [0.4, 0.5) is 0 Å². The highest BCUT2D eigenvalue weighted by Crippen LogP contribution is 2.06. The average Bonchev–Trinajstić information content (AvgIpc) is 3.01. The highest BCUT2D eigenvalue weighted by molar-refractivity contribution is 5.96. The zero-order valence-electron chi connectivity index (χ0n) is 11.6. The van der Waals surface area contributed by atoms with E-state index in [0.29, 0.717) is 24.2 Å². The topological polar surface area (TPSA) is 97.1 Å². The molecule has 0 aliphatic heterocycles. The molecule has 7 nitrogen and oxygen atoms in total. The number of pyridine rings is 1. The number of carbonyl (C=O) groups excluding carboxylic acids is 1. The third kappa shape index (κ3) is 3.65. The van der Waals surface area contributed by atoms with Crippen LogP contribution in [0.15, 0.2) is 37.1 Å². The van der Waals surface area contributed by atoms with Crippen molar-refractivity contribution in [3.8, 4) is 5.82 Å². The smallest absolute Gasteiger partial charge is 0.326 e. The Bertz CT molecular complexity index is 608. The number of carboxylic acid groups (broad SMARTS) is 1. The molecule has 0 bridgehead atoms. The van der Waals surface area contributed by atoms with Crippen molar-refractivity contribution in [1.82, 2.24) is 19.9 Å². The van der Waals surface area contributed by atoms with Gasteiger partial charge in [0.25, 0.3) is 5.91 Å². The minimum atomic E-state index is -1.03. The molecular weight excluding hydrogens is 272 g/mol. The van der Waals surface area contributed by atoms with Crippen molar-refractivity contribution < 1.29 is 14.7 Å².